The summed E-state index contributed by atoms with van der Waals surface area (Å²) < 4.78 is 24.3. The minimum absolute atomic E-state index is 0. The van der Waals surface area contributed by atoms with Gasteiger partial charge in [0, 0.05) is 20.8 Å². The molecule has 1 unspecified atom stereocenters. The molecule has 1 amide bonds. The molecule has 2 aromatic heterocycles. The van der Waals surface area contributed by atoms with E-state index < -0.39 is 15.1 Å². The molecule has 29 heavy (non-hydrogen) atoms. The number of hydrogen-bond acceptors (Lipinski definition) is 8. The molecule has 156 valence electrons. The van der Waals surface area contributed by atoms with Gasteiger partial charge in [0.1, 0.15) is 0 Å². The van der Waals surface area contributed by atoms with Crippen LogP contribution in [0.25, 0.3) is 10.2 Å². The van der Waals surface area contributed by atoms with Gasteiger partial charge >= 0.3 is 0 Å². The number of allylic oxidation sites excluding steroid dienone is 2. The number of fused-ring (bicyclic) bond motifs is 1. The topological polar surface area (TPSA) is 105 Å². The van der Waals surface area contributed by atoms with Crippen molar-refractivity contribution in [1.82, 2.24) is 14.9 Å². The lowest BCUT2D eigenvalue weighted by Gasteiger charge is -2.18. The monoisotopic (exact) mass is 435 g/mol. The molecule has 2 atom stereocenters. The van der Waals surface area contributed by atoms with Gasteiger partial charge in [0.2, 0.25) is 5.95 Å². The zero-order chi connectivity index (χ0) is 21.2. The molecule has 1 N–H and O–H groups in total. The summed E-state index contributed by atoms with van der Waals surface area (Å²) in [6.07, 6.45) is 4.99. The highest BCUT2D eigenvalue weighted by Crippen LogP contribution is 2.27. The van der Waals surface area contributed by atoms with Crippen LogP contribution in [0, 0.1) is 0 Å². The van der Waals surface area contributed by atoms with Crippen molar-refractivity contribution in [3.63, 3.8) is 0 Å². The highest BCUT2D eigenvalue weighted by atomic mass is 32.2. The summed E-state index contributed by atoms with van der Waals surface area (Å²) in [6, 6.07) is 1.58. The van der Waals surface area contributed by atoms with Crippen molar-refractivity contribution < 1.29 is 14.6 Å². The van der Waals surface area contributed by atoms with E-state index in [1.165, 1.54) is 17.6 Å². The van der Waals surface area contributed by atoms with Crippen LogP contribution >= 0.6 is 11.3 Å². The zero-order valence-electron chi connectivity index (χ0n) is 16.3. The average Bonchev–Trinajstić information content (AvgIpc) is 3.33. The molecule has 1 aliphatic rings. The first-order valence-electron chi connectivity index (χ1n) is 9.04. The van der Waals surface area contributed by atoms with Gasteiger partial charge in [-0.1, -0.05) is 12.7 Å². The number of thiophene rings is 1. The molecule has 8 nitrogen and oxygen atoms in total. The van der Waals surface area contributed by atoms with Gasteiger partial charge in [0.15, 0.2) is 15.5 Å². The molecule has 1 fully saturated rings. The largest absolute Gasteiger partial charge is 0.346 e. The molecular weight excluding hydrogens is 410 g/mol. The van der Waals surface area contributed by atoms with Crippen LogP contribution in [0.3, 0.4) is 0 Å². The maximum Gasteiger partial charge on any atom is 0.274 e. The Kier molecular flexibility index (Phi) is 6.13. The second-order valence-corrected chi connectivity index (χ2v) is 10.1. The number of sulfone groups is 1. The normalized spacial score (nSPS) is 18.6. The maximum absolute atomic E-state index is 13.1. The van der Waals surface area contributed by atoms with E-state index in [4.69, 9.17) is 0 Å². The minimum atomic E-state index is -3.19. The number of rotatable bonds is 7. The summed E-state index contributed by atoms with van der Waals surface area (Å²) in [5.41, 5.74) is 1.59. The third-order valence-corrected chi connectivity index (χ3v) is 7.31. The lowest BCUT2D eigenvalue weighted by molar-refractivity contribution is 0.0789. The van der Waals surface area contributed by atoms with E-state index in [1.807, 2.05) is 18.4 Å². The van der Waals surface area contributed by atoms with Crippen LogP contribution in [0.4, 0.5) is 5.95 Å². The summed E-state index contributed by atoms with van der Waals surface area (Å²) in [4.78, 5) is 27.6. The van der Waals surface area contributed by atoms with Gasteiger partial charge in [-0.2, -0.15) is 0 Å². The number of hydrogen-bond donors (Lipinski definition) is 1. The molecule has 0 radical (unpaired) electrons. The van der Waals surface area contributed by atoms with Crippen molar-refractivity contribution in [3.05, 3.63) is 41.6 Å². The quantitative estimate of drug-likeness (QED) is 0.530. The first-order valence-corrected chi connectivity index (χ1v) is 11.9. The van der Waals surface area contributed by atoms with Crippen molar-refractivity contribution >= 4 is 50.0 Å². The Morgan fingerprint density at radius 2 is 2.28 bits per heavy atom. The number of nitrogens with zero attached hydrogens (tertiary/aromatic N) is 4. The van der Waals surface area contributed by atoms with Gasteiger partial charge in [0.25, 0.3) is 5.91 Å². The predicted octanol–water partition coefficient (Wildman–Crippen LogP) is 2.77. The van der Waals surface area contributed by atoms with E-state index in [9.17, 15) is 13.2 Å². The standard InChI is InChI=1S/C19H23N5O3S2.H2/c1-5-6-14(20-3)12(2)21-19-22-15-8-10-28-17(15)16(23-19)18(25)24-9-7-13(11-24)29(4,26)27;/h5-6,8,10,12-13H,1,3,7,9,11H2,2,4H3,(H,21,22,23);1H/b14-6-;/t12?,13-;/m1./s1. The lowest BCUT2D eigenvalue weighted by Crippen LogP contribution is -2.32. The molecule has 1 aliphatic heterocycles. The number of carbonyl (C=O) groups excluding carboxylic acids is 1. The zero-order valence-corrected chi connectivity index (χ0v) is 18.0. The first kappa shape index (κ1) is 21.1. The second kappa shape index (κ2) is 8.42. The Morgan fingerprint density at radius 3 is 2.90 bits per heavy atom. The van der Waals surface area contributed by atoms with Crippen LogP contribution in [-0.4, -0.2) is 66.5 Å². The molecule has 0 saturated carbocycles. The van der Waals surface area contributed by atoms with Crippen LogP contribution < -0.4 is 5.32 Å². The maximum atomic E-state index is 13.1. The van der Waals surface area contributed by atoms with E-state index in [2.05, 4.69) is 33.6 Å². The smallest absolute Gasteiger partial charge is 0.274 e. The minimum Gasteiger partial charge on any atom is -0.346 e. The summed E-state index contributed by atoms with van der Waals surface area (Å²) in [5.74, 6) is 0.00891. The molecule has 0 aromatic carbocycles. The number of aromatic nitrogens is 2. The van der Waals surface area contributed by atoms with Crippen LogP contribution in [-0.2, 0) is 9.84 Å². The van der Waals surface area contributed by atoms with Crippen LogP contribution in [0.5, 0.6) is 0 Å². The molecule has 10 heteroatoms. The van der Waals surface area contributed by atoms with Gasteiger partial charge in [-0.05, 0) is 37.6 Å². The first-order chi connectivity index (χ1) is 13.7. The van der Waals surface area contributed by atoms with Crippen LogP contribution in [0.15, 0.2) is 40.9 Å². The SMILES string of the molecule is C=C/C=C(\N=C)C(C)Nc1nc(C(=O)N2CC[C@@H](S(C)(=O)=O)C2)c2sccc2n1.[HH]. The van der Waals surface area contributed by atoms with Crippen molar-refractivity contribution in [3.8, 4) is 0 Å². The Bertz CT molecular complexity index is 1100. The Hall–Kier alpha value is -2.59. The molecule has 1 saturated heterocycles. The average molecular weight is 436 g/mol. The van der Waals surface area contributed by atoms with Gasteiger partial charge in [-0.3, -0.25) is 9.79 Å². The molecule has 0 aliphatic carbocycles. The number of nitrogens with one attached hydrogen (secondary N) is 1. The Labute approximate surface area is 175 Å². The predicted molar refractivity (Wildman–Crippen MR) is 120 cm³/mol. The molecule has 0 bridgehead atoms. The summed E-state index contributed by atoms with van der Waals surface area (Å²) in [7, 11) is -3.19. The number of likely N-dealkylation sites (tertiary alicyclic amines) is 1. The van der Waals surface area contributed by atoms with Crippen molar-refractivity contribution in [2.24, 2.45) is 4.99 Å². The fourth-order valence-electron chi connectivity index (χ4n) is 3.21. The number of anilines is 1. The molecule has 3 rings (SSSR count). The molecule has 3 heterocycles. The summed E-state index contributed by atoms with van der Waals surface area (Å²) in [5, 5.41) is 4.46. The summed E-state index contributed by atoms with van der Waals surface area (Å²) >= 11 is 1.38. The molecule has 0 spiro atoms. The van der Waals surface area contributed by atoms with E-state index in [0.717, 1.165) is 0 Å². The van der Waals surface area contributed by atoms with Gasteiger partial charge in [-0.15, -0.1) is 11.3 Å². The number of carbonyl (C=O) groups is 1. The Morgan fingerprint density at radius 1 is 1.52 bits per heavy atom. The molecule has 2 aromatic rings. The highest BCUT2D eigenvalue weighted by molar-refractivity contribution is 7.91. The van der Waals surface area contributed by atoms with Gasteiger partial charge in [0.05, 0.1) is 27.2 Å². The van der Waals surface area contributed by atoms with Crippen molar-refractivity contribution in [1.29, 1.82) is 0 Å². The molecular formula is C19H25N5O3S2. The fraction of sp³-hybridized carbons (Fsp3) is 0.368. The number of amides is 1. The van der Waals surface area contributed by atoms with E-state index in [0.29, 0.717) is 34.8 Å². The Balaban J connectivity index is 0.00000320. The van der Waals surface area contributed by atoms with Crippen LogP contribution in [0.2, 0.25) is 0 Å². The van der Waals surface area contributed by atoms with Gasteiger partial charge in [-0.25, -0.2) is 18.4 Å². The fourth-order valence-corrected chi connectivity index (χ4v) is 5.00. The van der Waals surface area contributed by atoms with E-state index in [-0.39, 0.29) is 25.6 Å². The second-order valence-electron chi connectivity index (χ2n) is 6.87. The highest BCUT2D eigenvalue weighted by Gasteiger charge is 2.34. The summed E-state index contributed by atoms with van der Waals surface area (Å²) in [6.45, 7) is 9.66. The third-order valence-electron chi connectivity index (χ3n) is 4.80. The van der Waals surface area contributed by atoms with Crippen LogP contribution in [0.1, 0.15) is 25.3 Å². The lowest BCUT2D eigenvalue weighted by atomic mass is 10.2. The third kappa shape index (κ3) is 4.54. The number of aliphatic imine (C=N–C) groups is 1. The van der Waals surface area contributed by atoms with Crippen molar-refractivity contribution in [2.75, 3.05) is 24.7 Å². The van der Waals surface area contributed by atoms with Gasteiger partial charge < -0.3 is 10.2 Å². The van der Waals surface area contributed by atoms with E-state index >= 15 is 0 Å². The van der Waals surface area contributed by atoms with Crippen molar-refractivity contribution in [2.45, 2.75) is 24.6 Å². The van der Waals surface area contributed by atoms with E-state index in [1.54, 1.807) is 17.1 Å².